The van der Waals surface area contributed by atoms with E-state index in [1.54, 1.807) is 0 Å². The van der Waals surface area contributed by atoms with E-state index in [9.17, 15) is 0 Å². The Hall–Kier alpha value is -2.10. The molecule has 2 aromatic heterocycles. The van der Waals surface area contributed by atoms with E-state index >= 15 is 0 Å². The molecule has 7 nitrogen and oxygen atoms in total. The Labute approximate surface area is 201 Å². The quantitative estimate of drug-likeness (QED) is 0.185. The van der Waals surface area contributed by atoms with Crippen molar-refractivity contribution in [3.05, 3.63) is 47.7 Å². The second-order valence-corrected chi connectivity index (χ2v) is 8.33. The topological polar surface area (TPSA) is 82.9 Å². The van der Waals surface area contributed by atoms with Crippen molar-refractivity contribution in [3.63, 3.8) is 0 Å². The molecule has 0 fully saturated rings. The van der Waals surface area contributed by atoms with Gasteiger partial charge in [0.2, 0.25) is 0 Å². The van der Waals surface area contributed by atoms with Crippen LogP contribution in [0.1, 0.15) is 56.7 Å². The molecule has 1 aliphatic rings. The highest BCUT2D eigenvalue weighted by atomic mass is 127. The Morgan fingerprint density at radius 3 is 2.97 bits per heavy atom. The molecule has 3 N–H and O–H groups in total. The molecule has 168 valence electrons. The number of aromatic nitrogens is 4. The number of nitrogens with zero attached hydrogens (tertiary/aromatic N) is 4. The molecule has 3 aromatic rings. The zero-order chi connectivity index (χ0) is 20.9. The van der Waals surface area contributed by atoms with Crippen LogP contribution in [-0.2, 0) is 19.4 Å². The molecule has 0 aliphatic carbocycles. The minimum Gasteiger partial charge on any atom is -0.361 e. The van der Waals surface area contributed by atoms with Gasteiger partial charge in [-0.15, -0.1) is 24.0 Å². The van der Waals surface area contributed by atoms with E-state index in [1.165, 1.54) is 16.5 Å². The van der Waals surface area contributed by atoms with E-state index in [1.807, 2.05) is 0 Å². The monoisotopic (exact) mass is 535 g/mol. The van der Waals surface area contributed by atoms with E-state index in [4.69, 9.17) is 4.99 Å². The fraction of sp³-hybridized carbons (Fsp3) is 0.522. The standard InChI is InChI=1S/C23H33N7.HI/c1-4-24-23(25-13-7-8-17-14-26-20-10-6-5-9-19(17)20)27-18-11-12-21-28-22(16(2)3)29-30(21)15-18;/h5-6,9-10,14,16,18,26H,4,7-8,11-13,15H2,1-3H3,(H2,24,25,27);1H. The van der Waals surface area contributed by atoms with E-state index in [2.05, 4.69) is 81.6 Å². The van der Waals surface area contributed by atoms with Crippen LogP contribution in [-0.4, -0.2) is 44.8 Å². The van der Waals surface area contributed by atoms with Gasteiger partial charge in [-0.3, -0.25) is 4.99 Å². The summed E-state index contributed by atoms with van der Waals surface area (Å²) < 4.78 is 2.07. The number of aliphatic imine (C=N–C) groups is 1. The number of para-hydroxylation sites is 1. The molecule has 8 heteroatoms. The molecular formula is C23H34IN7. The van der Waals surface area contributed by atoms with Crippen molar-refractivity contribution in [2.24, 2.45) is 4.99 Å². The molecule has 0 bridgehead atoms. The SMILES string of the molecule is CCNC(=NCCCc1c[nH]c2ccccc12)NC1CCc2nc(C(C)C)nn2C1.I. The number of fused-ring (bicyclic) bond motifs is 2. The fourth-order valence-corrected chi connectivity index (χ4v) is 4.00. The van der Waals surface area contributed by atoms with Crippen molar-refractivity contribution < 1.29 is 0 Å². The number of benzene rings is 1. The summed E-state index contributed by atoms with van der Waals surface area (Å²) in [6.07, 6.45) is 6.18. The van der Waals surface area contributed by atoms with Crippen LogP contribution in [0.2, 0.25) is 0 Å². The summed E-state index contributed by atoms with van der Waals surface area (Å²) in [4.78, 5) is 12.9. The number of halogens is 1. The molecule has 1 unspecified atom stereocenters. The van der Waals surface area contributed by atoms with E-state index in [0.29, 0.717) is 12.0 Å². The maximum Gasteiger partial charge on any atom is 0.191 e. The van der Waals surface area contributed by atoms with Crippen molar-refractivity contribution in [2.75, 3.05) is 13.1 Å². The molecule has 0 saturated carbocycles. The number of rotatable bonds is 7. The van der Waals surface area contributed by atoms with Crippen molar-refractivity contribution in [1.29, 1.82) is 0 Å². The largest absolute Gasteiger partial charge is 0.361 e. The molecule has 31 heavy (non-hydrogen) atoms. The lowest BCUT2D eigenvalue weighted by Gasteiger charge is -2.25. The lowest BCUT2D eigenvalue weighted by molar-refractivity contribution is 0.391. The van der Waals surface area contributed by atoms with Gasteiger partial charge in [0.1, 0.15) is 5.82 Å². The highest BCUT2D eigenvalue weighted by Gasteiger charge is 2.23. The predicted molar refractivity (Wildman–Crippen MR) is 137 cm³/mol. The summed E-state index contributed by atoms with van der Waals surface area (Å²) in [5, 5.41) is 13.0. The third-order valence-electron chi connectivity index (χ3n) is 5.62. The van der Waals surface area contributed by atoms with Crippen LogP contribution >= 0.6 is 24.0 Å². The molecule has 0 spiro atoms. The molecule has 1 aromatic carbocycles. The minimum absolute atomic E-state index is 0. The van der Waals surface area contributed by atoms with Gasteiger partial charge in [0.05, 0.1) is 6.54 Å². The predicted octanol–water partition coefficient (Wildman–Crippen LogP) is 4.00. The molecule has 0 saturated heterocycles. The number of hydrogen-bond donors (Lipinski definition) is 3. The maximum absolute atomic E-state index is 4.82. The first-order valence-electron chi connectivity index (χ1n) is 11.2. The average molecular weight is 535 g/mol. The van der Waals surface area contributed by atoms with Crippen LogP contribution in [0.5, 0.6) is 0 Å². The van der Waals surface area contributed by atoms with Crippen molar-refractivity contribution in [3.8, 4) is 0 Å². The molecule has 0 radical (unpaired) electrons. The van der Waals surface area contributed by atoms with Crippen LogP contribution in [0.25, 0.3) is 10.9 Å². The third kappa shape index (κ3) is 5.78. The van der Waals surface area contributed by atoms with E-state index in [-0.39, 0.29) is 24.0 Å². The van der Waals surface area contributed by atoms with Crippen LogP contribution < -0.4 is 10.6 Å². The van der Waals surface area contributed by atoms with Crippen LogP contribution in [0.15, 0.2) is 35.5 Å². The first kappa shape index (κ1) is 23.6. The molecule has 0 amide bonds. The molecular weight excluding hydrogens is 501 g/mol. The van der Waals surface area contributed by atoms with Gasteiger partial charge in [-0.25, -0.2) is 9.67 Å². The Morgan fingerprint density at radius 1 is 1.32 bits per heavy atom. The number of guanidine groups is 1. The minimum atomic E-state index is 0. The van der Waals surface area contributed by atoms with Crippen LogP contribution in [0, 0.1) is 0 Å². The van der Waals surface area contributed by atoms with E-state index in [0.717, 1.165) is 62.9 Å². The van der Waals surface area contributed by atoms with Gasteiger partial charge in [-0.05, 0) is 37.8 Å². The highest BCUT2D eigenvalue weighted by Crippen LogP contribution is 2.19. The lowest BCUT2D eigenvalue weighted by atomic mass is 10.1. The lowest BCUT2D eigenvalue weighted by Crippen LogP contribution is -2.47. The molecule has 1 aliphatic heterocycles. The number of hydrogen-bond acceptors (Lipinski definition) is 3. The highest BCUT2D eigenvalue weighted by molar-refractivity contribution is 14.0. The van der Waals surface area contributed by atoms with Crippen LogP contribution in [0.4, 0.5) is 0 Å². The summed E-state index contributed by atoms with van der Waals surface area (Å²) in [5.41, 5.74) is 2.57. The molecule has 1 atom stereocenters. The summed E-state index contributed by atoms with van der Waals surface area (Å²) in [5.74, 6) is 3.32. The number of aromatic amines is 1. The summed E-state index contributed by atoms with van der Waals surface area (Å²) >= 11 is 0. The molecule has 4 rings (SSSR count). The van der Waals surface area contributed by atoms with Crippen molar-refractivity contribution >= 4 is 40.8 Å². The Balaban J connectivity index is 0.00000272. The third-order valence-corrected chi connectivity index (χ3v) is 5.62. The number of nitrogens with one attached hydrogen (secondary N) is 3. The van der Waals surface area contributed by atoms with E-state index < -0.39 is 0 Å². The zero-order valence-electron chi connectivity index (χ0n) is 18.7. The number of H-pyrrole nitrogens is 1. The second-order valence-electron chi connectivity index (χ2n) is 8.33. The van der Waals surface area contributed by atoms with Gasteiger partial charge in [0, 0.05) is 48.6 Å². The van der Waals surface area contributed by atoms with Gasteiger partial charge in [-0.2, -0.15) is 5.10 Å². The Morgan fingerprint density at radius 2 is 2.16 bits per heavy atom. The van der Waals surface area contributed by atoms with Crippen LogP contribution in [0.3, 0.4) is 0 Å². The zero-order valence-corrected chi connectivity index (χ0v) is 21.0. The van der Waals surface area contributed by atoms with Gasteiger partial charge in [0.15, 0.2) is 11.8 Å². The Kier molecular flexibility index (Phi) is 8.34. The average Bonchev–Trinajstić information content (AvgIpc) is 3.35. The summed E-state index contributed by atoms with van der Waals surface area (Å²) in [6, 6.07) is 8.80. The number of aryl methyl sites for hydroxylation is 2. The smallest absolute Gasteiger partial charge is 0.191 e. The Bertz CT molecular complexity index is 1000. The maximum atomic E-state index is 4.82. The van der Waals surface area contributed by atoms with Gasteiger partial charge >= 0.3 is 0 Å². The summed E-state index contributed by atoms with van der Waals surface area (Å²) in [6.45, 7) is 8.89. The van der Waals surface area contributed by atoms with Gasteiger partial charge < -0.3 is 15.6 Å². The van der Waals surface area contributed by atoms with Crippen molar-refractivity contribution in [2.45, 2.75) is 65.0 Å². The first-order chi connectivity index (χ1) is 14.6. The van der Waals surface area contributed by atoms with Crippen molar-refractivity contribution in [1.82, 2.24) is 30.4 Å². The van der Waals surface area contributed by atoms with Gasteiger partial charge in [-0.1, -0.05) is 32.0 Å². The summed E-state index contributed by atoms with van der Waals surface area (Å²) in [7, 11) is 0. The van der Waals surface area contributed by atoms with Gasteiger partial charge in [0.25, 0.3) is 0 Å². The normalized spacial score (nSPS) is 16.3. The second kappa shape index (κ2) is 11.0. The first-order valence-corrected chi connectivity index (χ1v) is 11.2. The molecule has 3 heterocycles. The fourth-order valence-electron chi connectivity index (χ4n) is 4.00.